The second-order valence-electron chi connectivity index (χ2n) is 6.66. The maximum atomic E-state index is 13.0. The van der Waals surface area contributed by atoms with Crippen LogP contribution in [0, 0.1) is 0 Å². The molecule has 0 amide bonds. The Kier molecular flexibility index (Phi) is 4.96. The van der Waals surface area contributed by atoms with Crippen LogP contribution < -0.4 is 0 Å². The summed E-state index contributed by atoms with van der Waals surface area (Å²) < 4.78 is 21.4. The van der Waals surface area contributed by atoms with E-state index in [4.69, 9.17) is 11.6 Å². The highest BCUT2D eigenvalue weighted by Gasteiger charge is 2.25. The minimum absolute atomic E-state index is 0.160. The minimum atomic E-state index is -2.43. The Balaban J connectivity index is 1.65. The van der Waals surface area contributed by atoms with E-state index in [9.17, 15) is 13.9 Å². The molecule has 27 heavy (non-hydrogen) atoms. The summed E-state index contributed by atoms with van der Waals surface area (Å²) in [6.07, 6.45) is 1.84. The van der Waals surface area contributed by atoms with E-state index in [-0.39, 0.29) is 5.78 Å². The molecule has 0 atom stereocenters. The number of ketones is 1. The average molecular weight is 406 g/mol. The molecule has 1 fully saturated rings. The van der Waals surface area contributed by atoms with Crippen LogP contribution in [0.25, 0.3) is 5.52 Å². The van der Waals surface area contributed by atoms with E-state index in [1.165, 1.54) is 0 Å². The van der Waals surface area contributed by atoms with Crippen molar-refractivity contribution in [3.05, 3.63) is 70.8 Å². The Morgan fingerprint density at radius 1 is 1.11 bits per heavy atom. The first kappa shape index (κ1) is 18.5. The number of carbonyl (C=O) groups is 1. The van der Waals surface area contributed by atoms with Crippen molar-refractivity contribution in [3.63, 3.8) is 0 Å². The molecule has 4 rings (SSSR count). The van der Waals surface area contributed by atoms with E-state index in [0.29, 0.717) is 47.6 Å². The lowest BCUT2D eigenvalue weighted by Gasteiger charge is -2.40. The number of rotatable bonds is 4. The summed E-state index contributed by atoms with van der Waals surface area (Å²) in [6.45, 7) is 1.78. The number of hydrogen-bond donors (Lipinski definition) is 2. The van der Waals surface area contributed by atoms with Crippen LogP contribution in [0.2, 0.25) is 5.02 Å². The zero-order valence-electron chi connectivity index (χ0n) is 14.6. The molecule has 2 aromatic heterocycles. The Hall–Kier alpha value is -1.90. The monoisotopic (exact) mass is 405 g/mol. The van der Waals surface area contributed by atoms with Crippen molar-refractivity contribution in [2.75, 3.05) is 24.6 Å². The quantitative estimate of drug-likeness (QED) is 0.646. The van der Waals surface area contributed by atoms with Crippen LogP contribution in [0.1, 0.15) is 21.9 Å². The fourth-order valence-corrected chi connectivity index (χ4v) is 4.67. The van der Waals surface area contributed by atoms with E-state index < -0.39 is 10.6 Å². The van der Waals surface area contributed by atoms with Crippen molar-refractivity contribution in [1.82, 2.24) is 14.3 Å². The van der Waals surface area contributed by atoms with Gasteiger partial charge in [-0.3, -0.25) is 23.2 Å². The Bertz CT molecular complexity index is 978. The van der Waals surface area contributed by atoms with Crippen molar-refractivity contribution in [1.29, 1.82) is 0 Å². The first-order chi connectivity index (χ1) is 12.9. The number of fused-ring (bicyclic) bond motifs is 1. The van der Waals surface area contributed by atoms with Crippen LogP contribution in [-0.4, -0.2) is 53.8 Å². The second-order valence-corrected chi connectivity index (χ2v) is 9.52. The maximum Gasteiger partial charge on any atom is 0.228 e. The van der Waals surface area contributed by atoms with Crippen LogP contribution in [0.3, 0.4) is 0 Å². The third kappa shape index (κ3) is 3.88. The van der Waals surface area contributed by atoms with E-state index >= 15 is 0 Å². The summed E-state index contributed by atoms with van der Waals surface area (Å²) in [5.74, 6) is 0.973. The van der Waals surface area contributed by atoms with Crippen molar-refractivity contribution in [2.24, 2.45) is 0 Å². The number of hydrogen-bond acceptors (Lipinski definition) is 5. The topological polar surface area (TPSA) is 78.1 Å². The van der Waals surface area contributed by atoms with E-state index in [1.54, 1.807) is 24.3 Å². The smallest absolute Gasteiger partial charge is 0.228 e. The zero-order valence-corrected chi connectivity index (χ0v) is 16.2. The van der Waals surface area contributed by atoms with Gasteiger partial charge in [0.1, 0.15) is 0 Å². The first-order valence-corrected chi connectivity index (χ1v) is 10.9. The number of carbonyl (C=O) groups excluding carboxylic acids is 1. The van der Waals surface area contributed by atoms with E-state index in [2.05, 4.69) is 9.88 Å². The van der Waals surface area contributed by atoms with Crippen molar-refractivity contribution < 1.29 is 13.9 Å². The molecular weight excluding hydrogens is 386 g/mol. The summed E-state index contributed by atoms with van der Waals surface area (Å²) in [7, 11) is -2.43. The Morgan fingerprint density at radius 3 is 2.52 bits per heavy atom. The Labute approximate surface area is 163 Å². The van der Waals surface area contributed by atoms with Gasteiger partial charge in [-0.1, -0.05) is 17.7 Å². The van der Waals surface area contributed by atoms with Gasteiger partial charge >= 0.3 is 0 Å². The molecule has 0 aliphatic carbocycles. The third-order valence-corrected chi connectivity index (χ3v) is 6.70. The first-order valence-electron chi connectivity index (χ1n) is 8.65. The summed E-state index contributed by atoms with van der Waals surface area (Å²) in [4.78, 5) is 19.7. The second kappa shape index (κ2) is 7.26. The molecule has 6 nitrogen and oxygen atoms in total. The van der Waals surface area contributed by atoms with Gasteiger partial charge < -0.3 is 0 Å². The molecule has 0 bridgehead atoms. The van der Waals surface area contributed by atoms with Crippen LogP contribution in [-0.2, 0) is 6.54 Å². The predicted octanol–water partition coefficient (Wildman–Crippen LogP) is 3.78. The van der Waals surface area contributed by atoms with Crippen LogP contribution in [0.5, 0.6) is 0 Å². The number of nitrogens with zero attached hydrogens (tertiary/aromatic N) is 3. The van der Waals surface area contributed by atoms with Gasteiger partial charge in [0.25, 0.3) is 0 Å². The van der Waals surface area contributed by atoms with Crippen LogP contribution in [0.15, 0.2) is 48.7 Å². The number of halogens is 1. The average Bonchev–Trinajstić information content (AvgIpc) is 3.02. The van der Waals surface area contributed by atoms with E-state index in [0.717, 1.165) is 11.2 Å². The molecule has 1 saturated heterocycles. The van der Waals surface area contributed by atoms with Gasteiger partial charge in [-0.05, 0) is 36.4 Å². The van der Waals surface area contributed by atoms with Gasteiger partial charge in [0.05, 0.1) is 22.7 Å². The molecule has 8 heteroatoms. The zero-order chi connectivity index (χ0) is 19.0. The molecule has 1 aromatic carbocycles. The van der Waals surface area contributed by atoms with Gasteiger partial charge in [0.15, 0.2) is 5.82 Å². The van der Waals surface area contributed by atoms with Gasteiger partial charge in [-0.2, -0.15) is 10.6 Å². The van der Waals surface area contributed by atoms with Crippen molar-refractivity contribution >= 4 is 33.5 Å². The number of aromatic nitrogens is 2. The lowest BCUT2D eigenvalue weighted by atomic mass is 10.1. The third-order valence-electron chi connectivity index (χ3n) is 4.78. The fourth-order valence-electron chi connectivity index (χ4n) is 3.24. The largest absolute Gasteiger partial charge is 0.299 e. The van der Waals surface area contributed by atoms with Crippen molar-refractivity contribution in [2.45, 2.75) is 6.54 Å². The fraction of sp³-hybridized carbons (Fsp3) is 0.263. The van der Waals surface area contributed by atoms with Crippen molar-refractivity contribution in [3.8, 4) is 0 Å². The van der Waals surface area contributed by atoms with Crippen LogP contribution >= 0.6 is 22.2 Å². The predicted molar refractivity (Wildman–Crippen MR) is 108 cm³/mol. The van der Waals surface area contributed by atoms with Gasteiger partial charge in [-0.15, -0.1) is 0 Å². The van der Waals surface area contributed by atoms with Gasteiger partial charge in [0.2, 0.25) is 5.78 Å². The molecule has 0 spiro atoms. The summed E-state index contributed by atoms with van der Waals surface area (Å²) in [6, 6.07) is 12.5. The van der Waals surface area contributed by atoms with E-state index in [1.807, 2.05) is 28.8 Å². The molecule has 3 aromatic rings. The number of benzene rings is 1. The lowest BCUT2D eigenvalue weighted by molar-refractivity contribution is 0.102. The molecule has 0 unspecified atom stereocenters. The molecular formula is C19H20ClN3O3S. The van der Waals surface area contributed by atoms with Crippen LogP contribution in [0.4, 0.5) is 0 Å². The Morgan fingerprint density at radius 2 is 1.81 bits per heavy atom. The highest BCUT2D eigenvalue weighted by Crippen LogP contribution is 2.40. The molecule has 2 N–H and O–H groups in total. The number of imidazole rings is 1. The highest BCUT2D eigenvalue weighted by atomic mass is 35.5. The summed E-state index contributed by atoms with van der Waals surface area (Å²) in [5, 5.41) is 0.580. The molecule has 1 aliphatic rings. The molecule has 1 aliphatic heterocycles. The number of pyridine rings is 1. The maximum absolute atomic E-state index is 13.0. The normalized spacial score (nSPS) is 18.5. The lowest BCUT2D eigenvalue weighted by Crippen LogP contribution is -2.37. The molecule has 3 heterocycles. The summed E-state index contributed by atoms with van der Waals surface area (Å²) in [5.41, 5.74) is 2.23. The van der Waals surface area contributed by atoms with Gasteiger partial charge in [-0.25, -0.2) is 4.98 Å². The standard InChI is InChI=1S/C19H20ClN3O3S/c20-15-6-4-14(5-7-15)18(24)19-21-16(17-3-1-2-8-23(17)19)13-22-9-11-27(25,26)12-10-22/h1-8,25-26H,9-13H2. The molecule has 142 valence electrons. The highest BCUT2D eigenvalue weighted by molar-refractivity contribution is 8.24. The SMILES string of the molecule is O=C(c1ccc(Cl)cc1)c1nc(CN2CCS(O)(O)CC2)c2ccccn12. The van der Waals surface area contributed by atoms with Gasteiger partial charge in [0, 0.05) is 36.4 Å². The summed E-state index contributed by atoms with van der Waals surface area (Å²) >= 11 is 5.92. The molecule has 0 saturated carbocycles. The molecule has 0 radical (unpaired) electrons. The minimum Gasteiger partial charge on any atom is -0.299 e.